The van der Waals surface area contributed by atoms with Gasteiger partial charge in [-0.3, -0.25) is 4.79 Å². The van der Waals surface area contributed by atoms with E-state index in [1.807, 2.05) is 13.8 Å². The number of nitrogens with zero attached hydrogens (tertiary/aromatic N) is 2. The van der Waals surface area contributed by atoms with Crippen LogP contribution in [-0.4, -0.2) is 21.0 Å². The Bertz CT molecular complexity index is 443. The van der Waals surface area contributed by atoms with Gasteiger partial charge in [-0.15, -0.1) is 0 Å². The quantitative estimate of drug-likeness (QED) is 0.743. The summed E-state index contributed by atoms with van der Waals surface area (Å²) in [6, 6.07) is 0. The number of fused-ring (bicyclic) bond motifs is 1. The molecule has 0 fully saturated rings. The highest BCUT2D eigenvalue weighted by atomic mass is 16.4. The number of carbonyl (C=O) groups is 1. The van der Waals surface area contributed by atoms with Crippen molar-refractivity contribution >= 4 is 11.9 Å². The monoisotopic (exact) mass is 221 g/mol. The highest BCUT2D eigenvalue weighted by molar-refractivity contribution is 5.77. The van der Waals surface area contributed by atoms with Crippen LogP contribution in [0.5, 0.6) is 0 Å². The smallest absolute Gasteiger partial charge is 0.311 e. The van der Waals surface area contributed by atoms with Crippen molar-refractivity contribution in [2.24, 2.45) is 5.41 Å². The van der Waals surface area contributed by atoms with Gasteiger partial charge in [0.2, 0.25) is 5.95 Å². The second-order valence-corrected chi connectivity index (χ2v) is 5.07. The Labute approximate surface area is 93.7 Å². The lowest BCUT2D eigenvalue weighted by Crippen LogP contribution is -2.30. The topological polar surface area (TPSA) is 89.1 Å². The van der Waals surface area contributed by atoms with Crippen LogP contribution in [0.3, 0.4) is 0 Å². The van der Waals surface area contributed by atoms with Gasteiger partial charge >= 0.3 is 5.97 Å². The van der Waals surface area contributed by atoms with E-state index in [0.29, 0.717) is 12.0 Å². The third-order valence-corrected chi connectivity index (χ3v) is 2.99. The number of hydrogen-bond donors (Lipinski definition) is 2. The second kappa shape index (κ2) is 3.43. The van der Waals surface area contributed by atoms with Crippen molar-refractivity contribution in [1.29, 1.82) is 0 Å². The van der Waals surface area contributed by atoms with E-state index in [2.05, 4.69) is 9.97 Å². The molecule has 0 amide bonds. The number of hydrogen-bond acceptors (Lipinski definition) is 4. The van der Waals surface area contributed by atoms with Crippen molar-refractivity contribution < 1.29 is 9.90 Å². The van der Waals surface area contributed by atoms with Gasteiger partial charge in [-0.1, -0.05) is 13.8 Å². The largest absolute Gasteiger partial charge is 0.481 e. The molecule has 1 aliphatic rings. The van der Waals surface area contributed by atoms with Crippen molar-refractivity contribution in [3.63, 3.8) is 0 Å². The van der Waals surface area contributed by atoms with Crippen molar-refractivity contribution in [1.82, 2.24) is 9.97 Å². The van der Waals surface area contributed by atoms with Crippen LogP contribution in [0.4, 0.5) is 5.95 Å². The van der Waals surface area contributed by atoms with E-state index in [9.17, 15) is 9.90 Å². The average Bonchev–Trinajstić information content (AvgIpc) is 2.14. The Morgan fingerprint density at radius 2 is 2.31 bits per heavy atom. The van der Waals surface area contributed by atoms with Crippen LogP contribution < -0.4 is 5.73 Å². The van der Waals surface area contributed by atoms with Crippen LogP contribution in [0, 0.1) is 5.41 Å². The molecule has 0 saturated carbocycles. The molecule has 5 heteroatoms. The van der Waals surface area contributed by atoms with E-state index in [0.717, 1.165) is 12.1 Å². The average molecular weight is 221 g/mol. The zero-order valence-corrected chi connectivity index (χ0v) is 9.40. The Morgan fingerprint density at radius 3 is 2.94 bits per heavy atom. The fourth-order valence-corrected chi connectivity index (χ4v) is 2.28. The molecule has 2 rings (SSSR count). The van der Waals surface area contributed by atoms with E-state index in [4.69, 9.17) is 5.73 Å². The maximum atomic E-state index is 11.2. The lowest BCUT2D eigenvalue weighted by Gasteiger charge is -2.34. The number of aliphatic carboxylic acids is 1. The number of anilines is 1. The van der Waals surface area contributed by atoms with Gasteiger partial charge in [0.15, 0.2) is 0 Å². The fraction of sp³-hybridized carbons (Fsp3) is 0.545. The van der Waals surface area contributed by atoms with Gasteiger partial charge in [0.1, 0.15) is 0 Å². The third-order valence-electron chi connectivity index (χ3n) is 2.99. The normalized spacial score (nSPS) is 22.5. The van der Waals surface area contributed by atoms with Crippen molar-refractivity contribution in [3.05, 3.63) is 17.5 Å². The number of aromatic nitrogens is 2. The SMILES string of the molecule is CC1(C)Cc2nc(N)ncc2C(C(=O)O)C1. The first kappa shape index (κ1) is 10.9. The van der Waals surface area contributed by atoms with Crippen LogP contribution in [0.15, 0.2) is 6.20 Å². The lowest BCUT2D eigenvalue weighted by atomic mass is 9.71. The summed E-state index contributed by atoms with van der Waals surface area (Å²) in [7, 11) is 0. The van der Waals surface area contributed by atoms with Crippen LogP contribution >= 0.6 is 0 Å². The highest BCUT2D eigenvalue weighted by Gasteiger charge is 2.37. The third kappa shape index (κ3) is 1.85. The van der Waals surface area contributed by atoms with Crippen molar-refractivity contribution in [2.45, 2.75) is 32.6 Å². The molecule has 0 aliphatic heterocycles. The minimum atomic E-state index is -0.817. The van der Waals surface area contributed by atoms with Gasteiger partial charge in [-0.25, -0.2) is 9.97 Å². The lowest BCUT2D eigenvalue weighted by molar-refractivity contribution is -0.139. The number of carboxylic acids is 1. The molecule has 5 nitrogen and oxygen atoms in total. The first-order valence-electron chi connectivity index (χ1n) is 5.23. The Kier molecular flexibility index (Phi) is 2.33. The minimum absolute atomic E-state index is 0.0587. The van der Waals surface area contributed by atoms with E-state index < -0.39 is 11.9 Å². The first-order chi connectivity index (χ1) is 7.39. The van der Waals surface area contributed by atoms with Crippen LogP contribution in [0.1, 0.15) is 37.4 Å². The van der Waals surface area contributed by atoms with E-state index in [1.165, 1.54) is 0 Å². The molecule has 0 aromatic carbocycles. The predicted molar refractivity (Wildman–Crippen MR) is 58.9 cm³/mol. The first-order valence-corrected chi connectivity index (χ1v) is 5.23. The van der Waals surface area contributed by atoms with Gasteiger partial charge in [0, 0.05) is 11.8 Å². The summed E-state index contributed by atoms with van der Waals surface area (Å²) in [5, 5.41) is 9.20. The highest BCUT2D eigenvalue weighted by Crippen LogP contribution is 2.41. The zero-order valence-electron chi connectivity index (χ0n) is 9.40. The molecule has 3 N–H and O–H groups in total. The molecule has 1 heterocycles. The molecule has 1 aromatic rings. The number of nitrogens with two attached hydrogens (primary N) is 1. The molecular weight excluding hydrogens is 206 g/mol. The summed E-state index contributed by atoms with van der Waals surface area (Å²) in [5.41, 5.74) is 6.95. The van der Waals surface area contributed by atoms with Gasteiger partial charge in [-0.2, -0.15) is 0 Å². The molecule has 1 atom stereocenters. The molecule has 1 aliphatic carbocycles. The van der Waals surface area contributed by atoms with Gasteiger partial charge in [0.25, 0.3) is 0 Å². The van der Waals surface area contributed by atoms with E-state index >= 15 is 0 Å². The second-order valence-electron chi connectivity index (χ2n) is 5.07. The fourth-order valence-electron chi connectivity index (χ4n) is 2.28. The van der Waals surface area contributed by atoms with E-state index in [1.54, 1.807) is 6.20 Å². The minimum Gasteiger partial charge on any atom is -0.481 e. The maximum absolute atomic E-state index is 11.2. The number of rotatable bonds is 1. The van der Waals surface area contributed by atoms with E-state index in [-0.39, 0.29) is 11.4 Å². The van der Waals surface area contributed by atoms with Crippen LogP contribution in [0.2, 0.25) is 0 Å². The van der Waals surface area contributed by atoms with Crippen LogP contribution in [0.25, 0.3) is 0 Å². The standard InChI is InChI=1S/C11H15N3O2/c1-11(2)3-6(9(15)16)7-5-13-10(12)14-8(7)4-11/h5-6H,3-4H2,1-2H3,(H,15,16)(H2,12,13,14). The summed E-state index contributed by atoms with van der Waals surface area (Å²) in [6.45, 7) is 4.09. The molecule has 16 heavy (non-hydrogen) atoms. The maximum Gasteiger partial charge on any atom is 0.311 e. The zero-order chi connectivity index (χ0) is 11.9. The Hall–Kier alpha value is -1.65. The number of nitrogen functional groups attached to an aromatic ring is 1. The summed E-state index contributed by atoms with van der Waals surface area (Å²) < 4.78 is 0. The van der Waals surface area contributed by atoms with Gasteiger partial charge < -0.3 is 10.8 Å². The van der Waals surface area contributed by atoms with Crippen molar-refractivity contribution in [2.75, 3.05) is 5.73 Å². The predicted octanol–water partition coefficient (Wildman–Crippen LogP) is 1.20. The summed E-state index contributed by atoms with van der Waals surface area (Å²) in [6.07, 6.45) is 2.91. The van der Waals surface area contributed by atoms with Gasteiger partial charge in [-0.05, 0) is 18.3 Å². The van der Waals surface area contributed by atoms with Crippen molar-refractivity contribution in [3.8, 4) is 0 Å². The molecule has 0 saturated heterocycles. The number of carboxylic acid groups (broad SMARTS) is 1. The molecule has 0 spiro atoms. The molecule has 0 radical (unpaired) electrons. The molecule has 0 bridgehead atoms. The summed E-state index contributed by atoms with van der Waals surface area (Å²) in [5.74, 6) is -1.12. The summed E-state index contributed by atoms with van der Waals surface area (Å²) >= 11 is 0. The Balaban J connectivity index is 2.51. The molecule has 86 valence electrons. The molecule has 1 unspecified atom stereocenters. The van der Waals surface area contributed by atoms with Gasteiger partial charge in [0.05, 0.1) is 11.6 Å². The van der Waals surface area contributed by atoms with Crippen LogP contribution in [-0.2, 0) is 11.2 Å². The molecule has 1 aromatic heterocycles. The Morgan fingerprint density at radius 1 is 1.62 bits per heavy atom. The molecular formula is C11H15N3O2. The summed E-state index contributed by atoms with van der Waals surface area (Å²) in [4.78, 5) is 19.2.